The zero-order chi connectivity index (χ0) is 13.3. The van der Waals surface area contributed by atoms with Gasteiger partial charge in [0.15, 0.2) is 12.1 Å². The molecular formula is C16H26O3. The Morgan fingerprint density at radius 2 is 1.53 bits per heavy atom. The standard InChI is InChI=1S/C16H26O3/c1-12-18-16(19-12)10-8-14(9-11-16)3-2-13-4-6-15(17)7-5-13/h12-14H,2-11H2,1H3. The summed E-state index contributed by atoms with van der Waals surface area (Å²) in [6.45, 7) is 1.97. The number of hydrogen-bond acceptors (Lipinski definition) is 3. The lowest BCUT2D eigenvalue weighted by atomic mass is 9.78. The molecule has 0 N–H and O–H groups in total. The van der Waals surface area contributed by atoms with Crippen LogP contribution < -0.4 is 0 Å². The van der Waals surface area contributed by atoms with Gasteiger partial charge in [-0.3, -0.25) is 4.79 Å². The molecule has 2 aliphatic carbocycles. The molecule has 3 nitrogen and oxygen atoms in total. The molecule has 2 saturated carbocycles. The fourth-order valence-corrected chi connectivity index (χ4v) is 4.02. The molecule has 3 aliphatic rings. The highest BCUT2D eigenvalue weighted by Gasteiger charge is 2.46. The van der Waals surface area contributed by atoms with Crippen LogP contribution in [0.3, 0.4) is 0 Å². The molecule has 3 heteroatoms. The first-order chi connectivity index (χ1) is 9.15. The van der Waals surface area contributed by atoms with Gasteiger partial charge in [-0.1, -0.05) is 12.8 Å². The van der Waals surface area contributed by atoms with Crippen molar-refractivity contribution in [3.8, 4) is 0 Å². The lowest BCUT2D eigenvalue weighted by Gasteiger charge is -2.49. The summed E-state index contributed by atoms with van der Waals surface area (Å²) in [7, 11) is 0. The number of carbonyl (C=O) groups excluding carboxylic acids is 1. The van der Waals surface area contributed by atoms with Crippen LogP contribution in [0.5, 0.6) is 0 Å². The highest BCUT2D eigenvalue weighted by molar-refractivity contribution is 5.78. The lowest BCUT2D eigenvalue weighted by molar-refractivity contribution is -0.454. The first kappa shape index (κ1) is 13.6. The fraction of sp³-hybridized carbons (Fsp3) is 0.938. The normalized spacial score (nSPS) is 40.4. The van der Waals surface area contributed by atoms with Crippen molar-refractivity contribution in [3.63, 3.8) is 0 Å². The molecule has 0 unspecified atom stereocenters. The highest BCUT2D eigenvalue weighted by atomic mass is 16.9. The molecule has 0 radical (unpaired) electrons. The van der Waals surface area contributed by atoms with Crippen LogP contribution in [0.4, 0.5) is 0 Å². The average molecular weight is 266 g/mol. The predicted octanol–water partition coefficient (Wildman–Crippen LogP) is 3.81. The van der Waals surface area contributed by atoms with Gasteiger partial charge in [0.2, 0.25) is 0 Å². The van der Waals surface area contributed by atoms with Crippen molar-refractivity contribution in [1.82, 2.24) is 0 Å². The Morgan fingerprint density at radius 1 is 1.00 bits per heavy atom. The molecule has 1 aliphatic heterocycles. The Hall–Kier alpha value is -0.410. The second-order valence-electron chi connectivity index (χ2n) is 6.72. The van der Waals surface area contributed by atoms with Crippen LogP contribution in [0, 0.1) is 11.8 Å². The second-order valence-corrected chi connectivity index (χ2v) is 6.72. The number of ether oxygens (including phenoxy) is 2. The molecule has 0 aromatic heterocycles. The summed E-state index contributed by atoms with van der Waals surface area (Å²) in [5, 5.41) is 0. The molecule has 3 fully saturated rings. The smallest absolute Gasteiger partial charge is 0.174 e. The van der Waals surface area contributed by atoms with E-state index in [9.17, 15) is 4.79 Å². The summed E-state index contributed by atoms with van der Waals surface area (Å²) >= 11 is 0. The summed E-state index contributed by atoms with van der Waals surface area (Å²) in [6, 6.07) is 0. The number of hydrogen-bond donors (Lipinski definition) is 0. The molecule has 0 amide bonds. The summed E-state index contributed by atoms with van der Waals surface area (Å²) < 4.78 is 11.5. The van der Waals surface area contributed by atoms with E-state index in [2.05, 4.69) is 0 Å². The molecule has 0 bridgehead atoms. The quantitative estimate of drug-likeness (QED) is 0.779. The van der Waals surface area contributed by atoms with E-state index >= 15 is 0 Å². The van der Waals surface area contributed by atoms with Gasteiger partial charge < -0.3 is 9.47 Å². The van der Waals surface area contributed by atoms with Crippen LogP contribution in [-0.2, 0) is 14.3 Å². The Kier molecular flexibility index (Phi) is 3.95. The van der Waals surface area contributed by atoms with E-state index in [0.29, 0.717) is 5.78 Å². The Labute approximate surface area is 116 Å². The molecule has 1 saturated heterocycles. The molecule has 1 spiro atoms. The van der Waals surface area contributed by atoms with Gasteiger partial charge in [-0.2, -0.15) is 0 Å². The minimum absolute atomic E-state index is 0.0105. The summed E-state index contributed by atoms with van der Waals surface area (Å²) in [5.41, 5.74) is 0. The maximum absolute atomic E-state index is 11.2. The number of carbonyl (C=O) groups is 1. The van der Waals surface area contributed by atoms with Crippen molar-refractivity contribution < 1.29 is 14.3 Å². The van der Waals surface area contributed by atoms with Gasteiger partial charge in [-0.15, -0.1) is 0 Å². The van der Waals surface area contributed by atoms with Crippen molar-refractivity contribution in [2.45, 2.75) is 83.2 Å². The third-order valence-electron chi connectivity index (χ3n) is 5.27. The third-order valence-corrected chi connectivity index (χ3v) is 5.27. The minimum atomic E-state index is -0.201. The van der Waals surface area contributed by atoms with Gasteiger partial charge in [0, 0.05) is 25.7 Å². The molecule has 1 heterocycles. The van der Waals surface area contributed by atoms with Crippen molar-refractivity contribution in [2.24, 2.45) is 11.8 Å². The van der Waals surface area contributed by atoms with Crippen LogP contribution in [0.15, 0.2) is 0 Å². The molecule has 3 rings (SSSR count). The van der Waals surface area contributed by atoms with Crippen molar-refractivity contribution >= 4 is 5.78 Å². The van der Waals surface area contributed by atoms with Gasteiger partial charge in [0.05, 0.1) is 0 Å². The van der Waals surface area contributed by atoms with Crippen LogP contribution in [0.2, 0.25) is 0 Å². The topological polar surface area (TPSA) is 35.5 Å². The van der Waals surface area contributed by atoms with Crippen LogP contribution in [-0.4, -0.2) is 17.9 Å². The van der Waals surface area contributed by atoms with Crippen molar-refractivity contribution in [1.29, 1.82) is 0 Å². The Bertz CT molecular complexity index is 313. The van der Waals surface area contributed by atoms with Gasteiger partial charge in [0.1, 0.15) is 5.78 Å². The predicted molar refractivity (Wildman–Crippen MR) is 72.5 cm³/mol. The van der Waals surface area contributed by atoms with Crippen LogP contribution in [0.25, 0.3) is 0 Å². The van der Waals surface area contributed by atoms with Gasteiger partial charge >= 0.3 is 0 Å². The van der Waals surface area contributed by atoms with Gasteiger partial charge in [-0.25, -0.2) is 0 Å². The third kappa shape index (κ3) is 3.19. The monoisotopic (exact) mass is 266 g/mol. The molecular weight excluding hydrogens is 240 g/mol. The zero-order valence-electron chi connectivity index (χ0n) is 12.0. The summed E-state index contributed by atoms with van der Waals surface area (Å²) in [4.78, 5) is 11.2. The second kappa shape index (κ2) is 5.53. The number of Topliss-reactive ketones (excluding diaryl/α,β-unsaturated/α-hetero) is 1. The summed E-state index contributed by atoms with van der Waals surface area (Å²) in [6.07, 6.45) is 11.3. The number of rotatable bonds is 3. The molecule has 19 heavy (non-hydrogen) atoms. The van der Waals surface area contributed by atoms with E-state index in [1.165, 1.54) is 25.7 Å². The summed E-state index contributed by atoms with van der Waals surface area (Å²) in [5.74, 6) is 1.94. The molecule has 0 atom stereocenters. The van der Waals surface area contributed by atoms with Crippen molar-refractivity contribution in [2.75, 3.05) is 0 Å². The lowest BCUT2D eigenvalue weighted by Crippen LogP contribution is -2.54. The van der Waals surface area contributed by atoms with Crippen molar-refractivity contribution in [3.05, 3.63) is 0 Å². The van der Waals surface area contributed by atoms with Gasteiger partial charge in [-0.05, 0) is 44.4 Å². The van der Waals surface area contributed by atoms with E-state index < -0.39 is 0 Å². The fourth-order valence-electron chi connectivity index (χ4n) is 4.02. The van der Waals surface area contributed by atoms with Crippen LogP contribution in [0.1, 0.15) is 71.1 Å². The first-order valence-corrected chi connectivity index (χ1v) is 8.02. The largest absolute Gasteiger partial charge is 0.321 e. The maximum Gasteiger partial charge on any atom is 0.174 e. The zero-order valence-corrected chi connectivity index (χ0v) is 12.0. The van der Waals surface area contributed by atoms with E-state index in [-0.39, 0.29) is 12.1 Å². The molecule has 108 valence electrons. The van der Waals surface area contributed by atoms with E-state index in [1.807, 2.05) is 6.92 Å². The van der Waals surface area contributed by atoms with Crippen LogP contribution >= 0.6 is 0 Å². The Balaban J connectivity index is 1.35. The van der Waals surface area contributed by atoms with E-state index in [1.54, 1.807) is 0 Å². The molecule has 0 aromatic rings. The highest BCUT2D eigenvalue weighted by Crippen LogP contribution is 2.44. The first-order valence-electron chi connectivity index (χ1n) is 8.02. The van der Waals surface area contributed by atoms with E-state index in [0.717, 1.165) is 50.4 Å². The minimum Gasteiger partial charge on any atom is -0.321 e. The number of ketones is 1. The SMILES string of the molecule is CC1OC2(CCC(CCC3CCC(=O)CC3)CC2)O1. The maximum atomic E-state index is 11.2. The van der Waals surface area contributed by atoms with E-state index in [4.69, 9.17) is 9.47 Å². The molecule has 0 aromatic carbocycles. The Morgan fingerprint density at radius 3 is 2.05 bits per heavy atom. The average Bonchev–Trinajstić information content (AvgIpc) is 2.38. The van der Waals surface area contributed by atoms with Gasteiger partial charge in [0.25, 0.3) is 0 Å².